The monoisotopic (exact) mass is 470 g/mol. The van der Waals surface area contributed by atoms with Crippen LogP contribution in [0, 0.1) is 23.4 Å². The van der Waals surface area contributed by atoms with Gasteiger partial charge in [-0.05, 0) is 43.9 Å². The lowest BCUT2D eigenvalue weighted by molar-refractivity contribution is -0.126. The van der Waals surface area contributed by atoms with Crippen LogP contribution in [0.3, 0.4) is 0 Å². The van der Waals surface area contributed by atoms with Gasteiger partial charge in [-0.1, -0.05) is 0 Å². The van der Waals surface area contributed by atoms with Crippen molar-refractivity contribution < 1.29 is 31.5 Å². The molecule has 1 aliphatic carbocycles. The first-order valence-electron chi connectivity index (χ1n) is 10.3. The fourth-order valence-corrected chi connectivity index (χ4v) is 3.85. The Hall–Kier alpha value is -3.24. The maximum Gasteiger partial charge on any atom is 0.254 e. The number of halogens is 5. The maximum atomic E-state index is 14.0. The van der Waals surface area contributed by atoms with E-state index in [1.54, 1.807) is 0 Å². The van der Waals surface area contributed by atoms with Gasteiger partial charge in [0.2, 0.25) is 11.8 Å². The first kappa shape index (κ1) is 24.4. The van der Waals surface area contributed by atoms with Crippen LogP contribution < -0.4 is 16.4 Å². The number of rotatable bonds is 6. The summed E-state index contributed by atoms with van der Waals surface area (Å²) in [4.78, 5) is 29.4. The fraction of sp³-hybridized carbons (Fsp3) is 0.409. The molecule has 1 aromatic carbocycles. The SMILES string of the molecule is C[C@H](NC(=O)[C@H](NC(=O)c1cc(F)ccc1N)C1CCC(F)(F)CC1)c1ncc(F)cc1F. The molecule has 1 saturated carbocycles. The number of benzene rings is 1. The molecule has 0 unspecified atom stereocenters. The minimum Gasteiger partial charge on any atom is -0.398 e. The second-order valence-electron chi connectivity index (χ2n) is 8.13. The zero-order valence-corrected chi connectivity index (χ0v) is 17.7. The lowest BCUT2D eigenvalue weighted by Crippen LogP contribution is -2.52. The van der Waals surface area contributed by atoms with Gasteiger partial charge in [-0.15, -0.1) is 0 Å². The zero-order valence-electron chi connectivity index (χ0n) is 17.7. The predicted octanol–water partition coefficient (Wildman–Crippen LogP) is 3.88. The first-order chi connectivity index (χ1) is 15.5. The summed E-state index contributed by atoms with van der Waals surface area (Å²) in [5, 5.41) is 4.95. The van der Waals surface area contributed by atoms with Crippen LogP contribution in [0.5, 0.6) is 0 Å². The maximum absolute atomic E-state index is 14.0. The third-order valence-corrected chi connectivity index (χ3v) is 5.67. The molecule has 33 heavy (non-hydrogen) atoms. The summed E-state index contributed by atoms with van der Waals surface area (Å²) in [6.07, 6.45) is -0.258. The summed E-state index contributed by atoms with van der Waals surface area (Å²) in [5.74, 6) is -7.75. The molecule has 0 bridgehead atoms. The van der Waals surface area contributed by atoms with Gasteiger partial charge in [0, 0.05) is 24.6 Å². The van der Waals surface area contributed by atoms with E-state index in [0.717, 1.165) is 18.3 Å². The highest BCUT2D eigenvalue weighted by Gasteiger charge is 2.40. The minimum absolute atomic E-state index is 0.0332. The van der Waals surface area contributed by atoms with Gasteiger partial charge >= 0.3 is 0 Å². The van der Waals surface area contributed by atoms with Crippen LogP contribution in [0.15, 0.2) is 30.5 Å². The molecule has 3 rings (SSSR count). The average molecular weight is 470 g/mol. The third kappa shape index (κ3) is 5.96. The molecule has 11 heteroatoms. The molecule has 4 N–H and O–H groups in total. The van der Waals surface area contributed by atoms with Gasteiger partial charge in [-0.25, -0.2) is 22.0 Å². The van der Waals surface area contributed by atoms with Gasteiger partial charge in [0.05, 0.1) is 23.5 Å². The van der Waals surface area contributed by atoms with Crippen molar-refractivity contribution in [1.29, 1.82) is 0 Å². The summed E-state index contributed by atoms with van der Waals surface area (Å²) in [5.41, 5.74) is 5.25. The average Bonchev–Trinajstić information content (AvgIpc) is 2.73. The molecule has 0 spiro atoms. The Balaban J connectivity index is 1.82. The van der Waals surface area contributed by atoms with E-state index in [4.69, 9.17) is 5.73 Å². The number of nitrogens with one attached hydrogen (secondary N) is 2. The third-order valence-electron chi connectivity index (χ3n) is 5.67. The number of nitrogens with zero attached hydrogens (tertiary/aromatic N) is 1. The van der Waals surface area contributed by atoms with Crippen LogP contribution >= 0.6 is 0 Å². The molecule has 178 valence electrons. The van der Waals surface area contributed by atoms with E-state index in [9.17, 15) is 31.5 Å². The van der Waals surface area contributed by atoms with Crippen molar-refractivity contribution in [1.82, 2.24) is 15.6 Å². The first-order valence-corrected chi connectivity index (χ1v) is 10.3. The molecule has 0 aliphatic heterocycles. The summed E-state index contributed by atoms with van der Waals surface area (Å²) in [6.45, 7) is 1.40. The van der Waals surface area contributed by atoms with E-state index >= 15 is 0 Å². The van der Waals surface area contributed by atoms with Crippen molar-refractivity contribution in [3.05, 3.63) is 59.2 Å². The van der Waals surface area contributed by atoms with E-state index in [0.29, 0.717) is 6.07 Å². The molecular formula is C22H23F5N4O2. The van der Waals surface area contributed by atoms with Crippen LogP contribution in [0.4, 0.5) is 27.6 Å². The lowest BCUT2D eigenvalue weighted by atomic mass is 9.81. The summed E-state index contributed by atoms with van der Waals surface area (Å²) >= 11 is 0. The van der Waals surface area contributed by atoms with Crippen molar-refractivity contribution >= 4 is 17.5 Å². The molecule has 2 atom stereocenters. The van der Waals surface area contributed by atoms with Gasteiger partial charge in [0.25, 0.3) is 5.91 Å². The van der Waals surface area contributed by atoms with Crippen LogP contribution in [0.1, 0.15) is 54.7 Å². The van der Waals surface area contributed by atoms with Crippen molar-refractivity contribution in [3.63, 3.8) is 0 Å². The molecule has 1 aromatic heterocycles. The number of amides is 2. The van der Waals surface area contributed by atoms with E-state index in [2.05, 4.69) is 15.6 Å². The van der Waals surface area contributed by atoms with Gasteiger partial charge < -0.3 is 16.4 Å². The molecule has 2 amide bonds. The van der Waals surface area contributed by atoms with Gasteiger partial charge in [-0.2, -0.15) is 0 Å². The smallest absolute Gasteiger partial charge is 0.254 e. The van der Waals surface area contributed by atoms with E-state index in [1.807, 2.05) is 0 Å². The molecule has 1 heterocycles. The summed E-state index contributed by atoms with van der Waals surface area (Å²) < 4.78 is 68.1. The van der Waals surface area contributed by atoms with Crippen LogP contribution in [-0.4, -0.2) is 28.8 Å². The molecule has 2 aromatic rings. The van der Waals surface area contributed by atoms with Crippen LogP contribution in [-0.2, 0) is 4.79 Å². The molecular weight excluding hydrogens is 447 g/mol. The van der Waals surface area contributed by atoms with Gasteiger partial charge in [-0.3, -0.25) is 14.6 Å². The van der Waals surface area contributed by atoms with Crippen molar-refractivity contribution in [3.8, 4) is 0 Å². The Morgan fingerprint density at radius 3 is 2.39 bits per heavy atom. The van der Waals surface area contributed by atoms with Crippen molar-refractivity contribution in [2.45, 2.75) is 50.6 Å². The number of carbonyl (C=O) groups excluding carboxylic acids is 2. The summed E-state index contributed by atoms with van der Waals surface area (Å²) in [6, 6.07) is 1.47. The largest absolute Gasteiger partial charge is 0.398 e. The highest BCUT2D eigenvalue weighted by atomic mass is 19.3. The zero-order chi connectivity index (χ0) is 24.3. The van der Waals surface area contributed by atoms with Crippen LogP contribution in [0.25, 0.3) is 0 Å². The van der Waals surface area contributed by atoms with Gasteiger partial charge in [0.15, 0.2) is 0 Å². The van der Waals surface area contributed by atoms with E-state index in [-0.39, 0.29) is 29.8 Å². The van der Waals surface area contributed by atoms with Crippen LogP contribution in [0.2, 0.25) is 0 Å². The molecule has 1 fully saturated rings. The number of aromatic nitrogens is 1. The van der Waals surface area contributed by atoms with E-state index < -0.39 is 66.0 Å². The molecule has 0 radical (unpaired) electrons. The topological polar surface area (TPSA) is 97.1 Å². The molecule has 0 saturated heterocycles. The number of carbonyl (C=O) groups is 2. The predicted molar refractivity (Wildman–Crippen MR) is 110 cm³/mol. The Kier molecular flexibility index (Phi) is 7.19. The number of anilines is 1. The normalized spacial score (nSPS) is 17.8. The number of nitrogen functional groups attached to an aromatic ring is 1. The summed E-state index contributed by atoms with van der Waals surface area (Å²) in [7, 11) is 0. The lowest BCUT2D eigenvalue weighted by Gasteiger charge is -2.34. The second-order valence-corrected chi connectivity index (χ2v) is 8.13. The highest BCUT2D eigenvalue weighted by Crippen LogP contribution is 2.37. The second kappa shape index (κ2) is 9.72. The number of hydrogen-bond donors (Lipinski definition) is 3. The number of hydrogen-bond acceptors (Lipinski definition) is 4. The van der Waals surface area contributed by atoms with Crippen molar-refractivity contribution in [2.75, 3.05) is 5.73 Å². The van der Waals surface area contributed by atoms with E-state index in [1.165, 1.54) is 13.0 Å². The number of nitrogens with two attached hydrogens (primary N) is 1. The Morgan fingerprint density at radius 2 is 1.76 bits per heavy atom. The molecule has 1 aliphatic rings. The standard InChI is InChI=1S/C22H23F5N4O2/c1-11(18-16(25)9-14(24)10-29-18)30-21(33)19(12-4-6-22(26,27)7-5-12)31-20(32)15-8-13(23)2-3-17(15)28/h2-3,8-12,19H,4-7,28H2,1H3,(H,30,33)(H,31,32)/t11-,19+/m0/s1. The Morgan fingerprint density at radius 1 is 1.09 bits per heavy atom. The highest BCUT2D eigenvalue weighted by molar-refractivity contribution is 6.01. The van der Waals surface area contributed by atoms with Gasteiger partial charge in [0.1, 0.15) is 23.5 Å². The quantitative estimate of drug-likeness (QED) is 0.441. The minimum atomic E-state index is -2.87. The van der Waals surface area contributed by atoms with Crippen molar-refractivity contribution in [2.24, 2.45) is 5.92 Å². The molecule has 6 nitrogen and oxygen atoms in total. The number of alkyl halides is 2. The number of pyridine rings is 1. The Bertz CT molecular complexity index is 1040. The Labute approximate surface area is 186 Å². The fourth-order valence-electron chi connectivity index (χ4n) is 3.85.